The Kier molecular flexibility index (Phi) is 4.67. The molecule has 106 valence electrons. The van der Waals surface area contributed by atoms with E-state index >= 15 is 0 Å². The van der Waals surface area contributed by atoms with Gasteiger partial charge in [0.05, 0.1) is 12.8 Å². The van der Waals surface area contributed by atoms with Crippen LogP contribution in [0.25, 0.3) is 0 Å². The molecule has 1 aromatic rings. The van der Waals surface area contributed by atoms with Gasteiger partial charge in [-0.25, -0.2) is 0 Å². The Morgan fingerprint density at radius 2 is 2.11 bits per heavy atom. The van der Waals surface area contributed by atoms with Gasteiger partial charge in [0.1, 0.15) is 5.75 Å². The summed E-state index contributed by atoms with van der Waals surface area (Å²) in [6, 6.07) is 7.07. The molecule has 0 aliphatic carbocycles. The molecule has 0 spiro atoms. The molecule has 1 atom stereocenters. The fraction of sp³-hybridized carbons (Fsp3) is 0.625. The van der Waals surface area contributed by atoms with Gasteiger partial charge in [-0.3, -0.25) is 0 Å². The first-order chi connectivity index (χ1) is 9.00. The van der Waals surface area contributed by atoms with E-state index in [9.17, 15) is 0 Å². The lowest BCUT2D eigenvalue weighted by atomic mass is 9.86. The number of rotatable bonds is 3. The maximum atomic E-state index is 5.49. The zero-order valence-corrected chi connectivity index (χ0v) is 13.3. The Labute approximate surface area is 121 Å². The van der Waals surface area contributed by atoms with Crippen molar-refractivity contribution < 1.29 is 4.74 Å². The van der Waals surface area contributed by atoms with Crippen LogP contribution in [-0.4, -0.2) is 24.7 Å². The molecule has 1 aliphatic heterocycles. The van der Waals surface area contributed by atoms with Crippen molar-refractivity contribution in [1.82, 2.24) is 0 Å². The van der Waals surface area contributed by atoms with E-state index in [1.54, 1.807) is 7.11 Å². The largest absolute Gasteiger partial charge is 0.495 e. The Morgan fingerprint density at radius 3 is 2.68 bits per heavy atom. The second kappa shape index (κ2) is 6.08. The lowest BCUT2D eigenvalue weighted by Crippen LogP contribution is -2.26. The number of hydrogen-bond acceptors (Lipinski definition) is 3. The summed E-state index contributed by atoms with van der Waals surface area (Å²) in [5.41, 5.74) is 2.66. The van der Waals surface area contributed by atoms with Crippen LogP contribution >= 0.6 is 11.8 Å². The van der Waals surface area contributed by atoms with Gasteiger partial charge in [0, 0.05) is 11.8 Å². The third-order valence-electron chi connectivity index (χ3n) is 3.59. The number of hydrogen-bond donors (Lipinski definition) is 1. The topological polar surface area (TPSA) is 21.3 Å². The van der Waals surface area contributed by atoms with Crippen molar-refractivity contribution in [2.75, 3.05) is 23.9 Å². The summed E-state index contributed by atoms with van der Waals surface area (Å²) < 4.78 is 5.49. The second-order valence-corrected chi connectivity index (χ2v) is 7.37. The maximum Gasteiger partial charge on any atom is 0.141 e. The molecule has 3 heteroatoms. The molecule has 1 unspecified atom stereocenters. The molecule has 19 heavy (non-hydrogen) atoms. The summed E-state index contributed by atoms with van der Waals surface area (Å²) in [4.78, 5) is 0. The number of anilines is 1. The van der Waals surface area contributed by atoms with Crippen molar-refractivity contribution in [1.29, 1.82) is 0 Å². The Balaban J connectivity index is 2.20. The summed E-state index contributed by atoms with van der Waals surface area (Å²) in [5.74, 6) is 3.45. The minimum atomic E-state index is 0.171. The highest BCUT2D eigenvalue weighted by Crippen LogP contribution is 2.33. The molecule has 0 amide bonds. The molecule has 0 aromatic heterocycles. The van der Waals surface area contributed by atoms with E-state index in [1.165, 1.54) is 29.9 Å². The highest BCUT2D eigenvalue weighted by molar-refractivity contribution is 7.99. The predicted octanol–water partition coefficient (Wildman–Crippen LogP) is 4.30. The second-order valence-electron chi connectivity index (χ2n) is 6.22. The van der Waals surface area contributed by atoms with Crippen molar-refractivity contribution in [3.63, 3.8) is 0 Å². The van der Waals surface area contributed by atoms with Crippen LogP contribution in [-0.2, 0) is 5.41 Å². The van der Waals surface area contributed by atoms with Gasteiger partial charge in [0.25, 0.3) is 0 Å². The molecular formula is C16H25NOS. The van der Waals surface area contributed by atoms with E-state index in [0.717, 1.165) is 11.4 Å². The molecule has 0 radical (unpaired) electrons. The molecule has 1 aromatic carbocycles. The van der Waals surface area contributed by atoms with E-state index in [-0.39, 0.29) is 5.41 Å². The summed E-state index contributed by atoms with van der Waals surface area (Å²) in [5, 5.41) is 3.67. The molecule has 2 rings (SSSR count). The van der Waals surface area contributed by atoms with Gasteiger partial charge >= 0.3 is 0 Å². The molecule has 1 fully saturated rings. The van der Waals surface area contributed by atoms with Crippen LogP contribution in [0.3, 0.4) is 0 Å². The van der Waals surface area contributed by atoms with Gasteiger partial charge < -0.3 is 10.1 Å². The van der Waals surface area contributed by atoms with E-state index in [2.05, 4.69) is 44.3 Å². The van der Waals surface area contributed by atoms with Gasteiger partial charge in [-0.15, -0.1) is 0 Å². The summed E-state index contributed by atoms with van der Waals surface area (Å²) in [7, 11) is 1.74. The van der Waals surface area contributed by atoms with Crippen molar-refractivity contribution in [2.24, 2.45) is 0 Å². The predicted molar refractivity (Wildman–Crippen MR) is 85.7 cm³/mol. The van der Waals surface area contributed by atoms with Crippen LogP contribution in [0.15, 0.2) is 18.2 Å². The fourth-order valence-corrected chi connectivity index (χ4v) is 3.43. The van der Waals surface area contributed by atoms with E-state index in [4.69, 9.17) is 4.74 Å². The van der Waals surface area contributed by atoms with E-state index in [1.807, 2.05) is 11.8 Å². The average molecular weight is 279 g/mol. The lowest BCUT2D eigenvalue weighted by Gasteiger charge is -2.26. The van der Waals surface area contributed by atoms with Crippen LogP contribution in [0.5, 0.6) is 5.75 Å². The quantitative estimate of drug-likeness (QED) is 0.891. The molecule has 0 saturated carbocycles. The first-order valence-corrected chi connectivity index (χ1v) is 8.19. The Bertz CT molecular complexity index is 419. The highest BCUT2D eigenvalue weighted by atomic mass is 32.2. The molecule has 1 aliphatic rings. The van der Waals surface area contributed by atoms with E-state index in [0.29, 0.717) is 6.04 Å². The molecule has 1 saturated heterocycles. The van der Waals surface area contributed by atoms with Crippen LogP contribution in [0.1, 0.15) is 39.2 Å². The summed E-state index contributed by atoms with van der Waals surface area (Å²) in [6.45, 7) is 6.74. The molecular weight excluding hydrogens is 254 g/mol. The third-order valence-corrected chi connectivity index (χ3v) is 4.80. The summed E-state index contributed by atoms with van der Waals surface area (Å²) in [6.07, 6.45) is 2.57. The van der Waals surface area contributed by atoms with Crippen molar-refractivity contribution >= 4 is 17.4 Å². The monoisotopic (exact) mass is 279 g/mol. The van der Waals surface area contributed by atoms with Gasteiger partial charge in [0.2, 0.25) is 0 Å². The number of benzene rings is 1. The smallest absolute Gasteiger partial charge is 0.141 e. The minimum absolute atomic E-state index is 0.171. The number of methoxy groups -OCH3 is 1. The zero-order valence-electron chi connectivity index (χ0n) is 12.5. The van der Waals surface area contributed by atoms with Gasteiger partial charge in [0.15, 0.2) is 0 Å². The Morgan fingerprint density at radius 1 is 1.32 bits per heavy atom. The lowest BCUT2D eigenvalue weighted by molar-refractivity contribution is 0.415. The minimum Gasteiger partial charge on any atom is -0.495 e. The highest BCUT2D eigenvalue weighted by Gasteiger charge is 2.19. The van der Waals surface area contributed by atoms with Crippen LogP contribution in [0.2, 0.25) is 0 Å². The maximum absolute atomic E-state index is 5.49. The van der Waals surface area contributed by atoms with Crippen molar-refractivity contribution in [3.8, 4) is 5.75 Å². The average Bonchev–Trinajstić information content (AvgIpc) is 2.39. The number of thioether (sulfide) groups is 1. The molecule has 2 nitrogen and oxygen atoms in total. The Hall–Kier alpha value is -0.830. The zero-order chi connectivity index (χ0) is 13.9. The summed E-state index contributed by atoms with van der Waals surface area (Å²) >= 11 is 2.04. The SMILES string of the molecule is COc1ccc(C(C)(C)C)cc1NC1CCCSC1. The van der Waals surface area contributed by atoms with E-state index < -0.39 is 0 Å². The van der Waals surface area contributed by atoms with Crippen LogP contribution < -0.4 is 10.1 Å². The number of ether oxygens (including phenoxy) is 1. The van der Waals surface area contributed by atoms with Gasteiger partial charge in [-0.05, 0) is 41.7 Å². The molecule has 1 heterocycles. The van der Waals surface area contributed by atoms with Crippen molar-refractivity contribution in [3.05, 3.63) is 23.8 Å². The standard InChI is InChI=1S/C16H25NOS/c1-16(2,3)12-7-8-15(18-4)14(10-12)17-13-6-5-9-19-11-13/h7-8,10,13,17H,5-6,9,11H2,1-4H3. The van der Waals surface area contributed by atoms with Crippen LogP contribution in [0, 0.1) is 0 Å². The first kappa shape index (κ1) is 14.6. The van der Waals surface area contributed by atoms with Crippen molar-refractivity contribution in [2.45, 2.75) is 45.1 Å². The normalized spacial score (nSPS) is 20.1. The van der Waals surface area contributed by atoms with Crippen LogP contribution in [0.4, 0.5) is 5.69 Å². The first-order valence-electron chi connectivity index (χ1n) is 7.03. The molecule has 1 N–H and O–H groups in total. The van der Waals surface area contributed by atoms with Gasteiger partial charge in [-0.1, -0.05) is 26.8 Å². The molecule has 0 bridgehead atoms. The third kappa shape index (κ3) is 3.82. The van der Waals surface area contributed by atoms with Gasteiger partial charge in [-0.2, -0.15) is 11.8 Å². The fourth-order valence-electron chi connectivity index (χ4n) is 2.36. The number of nitrogens with one attached hydrogen (secondary N) is 1.